The van der Waals surface area contributed by atoms with Crippen LogP contribution in [0.4, 0.5) is 10.5 Å². The molecule has 2 heterocycles. The first kappa shape index (κ1) is 20.9. The molecule has 2 saturated heterocycles. The minimum atomic E-state index is -0.418. The summed E-state index contributed by atoms with van der Waals surface area (Å²) in [5.41, 5.74) is 3.62. The third-order valence-electron chi connectivity index (χ3n) is 5.35. The fourth-order valence-corrected chi connectivity index (χ4v) is 4.74. The highest BCUT2D eigenvalue weighted by molar-refractivity contribution is 9.10. The Labute approximate surface area is 188 Å². The summed E-state index contributed by atoms with van der Waals surface area (Å²) in [5, 5.41) is -0.414. The lowest BCUT2D eigenvalue weighted by Crippen LogP contribution is -2.33. The minimum Gasteiger partial charge on any atom is -0.372 e. The second-order valence-corrected chi connectivity index (χ2v) is 9.34. The summed E-state index contributed by atoms with van der Waals surface area (Å²) in [4.78, 5) is 41.4. The molecule has 30 heavy (non-hydrogen) atoms. The van der Waals surface area contributed by atoms with Crippen LogP contribution in [0.2, 0.25) is 0 Å². The number of hydrogen-bond donors (Lipinski definition) is 0. The van der Waals surface area contributed by atoms with Crippen LogP contribution < -0.4 is 4.90 Å². The lowest BCUT2D eigenvalue weighted by Gasteiger charge is -2.18. The van der Waals surface area contributed by atoms with Crippen molar-refractivity contribution in [3.8, 4) is 0 Å². The number of halogens is 1. The van der Waals surface area contributed by atoms with Crippen LogP contribution in [0.5, 0.6) is 0 Å². The van der Waals surface area contributed by atoms with Crippen molar-refractivity contribution in [3.05, 3.63) is 68.5 Å². The van der Waals surface area contributed by atoms with Gasteiger partial charge in [-0.1, -0.05) is 34.1 Å². The molecule has 7 heteroatoms. The number of nitrogens with zero attached hydrogens (tertiary/aromatic N) is 2. The quantitative estimate of drug-likeness (QED) is 0.426. The molecule has 0 atom stereocenters. The van der Waals surface area contributed by atoms with Crippen molar-refractivity contribution < 1.29 is 14.4 Å². The maximum absolute atomic E-state index is 12.8. The highest BCUT2D eigenvalue weighted by atomic mass is 79.9. The largest absolute Gasteiger partial charge is 0.372 e. The predicted molar refractivity (Wildman–Crippen MR) is 124 cm³/mol. The first-order valence-corrected chi connectivity index (χ1v) is 11.4. The topological polar surface area (TPSA) is 57.7 Å². The molecule has 2 aliphatic rings. The van der Waals surface area contributed by atoms with E-state index in [0.717, 1.165) is 45.4 Å². The monoisotopic (exact) mass is 484 g/mol. The van der Waals surface area contributed by atoms with E-state index in [2.05, 4.69) is 33.0 Å². The van der Waals surface area contributed by atoms with Crippen LogP contribution >= 0.6 is 27.7 Å². The fourth-order valence-electron chi connectivity index (χ4n) is 3.64. The van der Waals surface area contributed by atoms with Gasteiger partial charge in [-0.3, -0.25) is 19.3 Å². The summed E-state index contributed by atoms with van der Waals surface area (Å²) in [6.07, 6.45) is 4.18. The van der Waals surface area contributed by atoms with Crippen LogP contribution in [-0.2, 0) is 4.79 Å². The Hall–Kier alpha value is -2.38. The molecule has 2 fully saturated rings. The average Bonchev–Trinajstić information content (AvgIpc) is 3.35. The molecule has 0 saturated carbocycles. The second kappa shape index (κ2) is 8.78. The molecule has 0 radical (unpaired) electrons. The zero-order chi connectivity index (χ0) is 21.3. The molecule has 2 aliphatic heterocycles. The zero-order valence-electron chi connectivity index (χ0n) is 16.6. The number of carbonyl (C=O) groups excluding carboxylic acids is 3. The van der Waals surface area contributed by atoms with Gasteiger partial charge in [0.1, 0.15) is 0 Å². The zero-order valence-corrected chi connectivity index (χ0v) is 19.0. The van der Waals surface area contributed by atoms with E-state index in [1.807, 2.05) is 13.0 Å². The maximum atomic E-state index is 12.8. The molecule has 4 rings (SSSR count). The van der Waals surface area contributed by atoms with Crippen molar-refractivity contribution in [3.63, 3.8) is 0 Å². The van der Waals surface area contributed by atoms with Gasteiger partial charge in [-0.15, -0.1) is 0 Å². The first-order chi connectivity index (χ1) is 14.4. The van der Waals surface area contributed by atoms with Crippen molar-refractivity contribution in [2.24, 2.45) is 0 Å². The van der Waals surface area contributed by atoms with Crippen molar-refractivity contribution in [2.75, 3.05) is 24.5 Å². The van der Waals surface area contributed by atoms with E-state index in [4.69, 9.17) is 0 Å². The molecule has 2 aromatic carbocycles. The Morgan fingerprint density at radius 2 is 1.80 bits per heavy atom. The standard InChI is InChI=1S/C23H21BrN2O3S/c1-15-12-19(25-10-2-3-11-25)9-6-17(15)13-21-22(28)26(23(29)30-21)14-20(27)16-4-7-18(24)8-5-16/h4-9,12-13H,2-3,10-11,14H2,1H3/b21-13+. The molecule has 0 unspecified atom stereocenters. The van der Waals surface area contributed by atoms with Gasteiger partial charge in [-0.2, -0.15) is 0 Å². The molecular formula is C23H21BrN2O3S. The van der Waals surface area contributed by atoms with Gasteiger partial charge in [0, 0.05) is 28.8 Å². The maximum Gasteiger partial charge on any atom is 0.293 e. The summed E-state index contributed by atoms with van der Waals surface area (Å²) < 4.78 is 0.860. The smallest absolute Gasteiger partial charge is 0.293 e. The Bertz CT molecular complexity index is 1040. The highest BCUT2D eigenvalue weighted by Crippen LogP contribution is 2.33. The van der Waals surface area contributed by atoms with Gasteiger partial charge in [0.25, 0.3) is 11.1 Å². The van der Waals surface area contributed by atoms with E-state index in [1.165, 1.54) is 18.5 Å². The van der Waals surface area contributed by atoms with E-state index in [1.54, 1.807) is 30.3 Å². The molecule has 2 amide bonds. The van der Waals surface area contributed by atoms with Crippen LogP contribution in [-0.4, -0.2) is 41.5 Å². The molecule has 0 aromatic heterocycles. The van der Waals surface area contributed by atoms with Gasteiger partial charge < -0.3 is 4.90 Å². The molecule has 0 aliphatic carbocycles. The number of rotatable bonds is 5. The molecule has 154 valence electrons. The molecule has 5 nitrogen and oxygen atoms in total. The number of ketones is 1. The van der Waals surface area contributed by atoms with E-state index >= 15 is 0 Å². The lowest BCUT2D eigenvalue weighted by molar-refractivity contribution is -0.122. The normalized spacial score (nSPS) is 18.0. The molecular weight excluding hydrogens is 464 g/mol. The number of hydrogen-bond acceptors (Lipinski definition) is 5. The molecule has 0 bridgehead atoms. The third-order valence-corrected chi connectivity index (χ3v) is 6.79. The number of benzene rings is 2. The van der Waals surface area contributed by atoms with Gasteiger partial charge >= 0.3 is 0 Å². The average molecular weight is 485 g/mol. The Morgan fingerprint density at radius 1 is 1.10 bits per heavy atom. The Kier molecular flexibility index (Phi) is 6.11. The number of anilines is 1. The highest BCUT2D eigenvalue weighted by Gasteiger charge is 2.36. The predicted octanol–water partition coefficient (Wildman–Crippen LogP) is 5.28. The summed E-state index contributed by atoms with van der Waals surface area (Å²) in [5.74, 6) is -0.685. The van der Waals surface area contributed by atoms with Gasteiger partial charge in [0.05, 0.1) is 11.4 Å². The number of amides is 2. The van der Waals surface area contributed by atoms with Crippen LogP contribution in [0.3, 0.4) is 0 Å². The minimum absolute atomic E-state index is 0.253. The molecule has 2 aromatic rings. The number of Topliss-reactive ketones (excluding diaryl/α,β-unsaturated/α-hetero) is 1. The van der Waals surface area contributed by atoms with Gasteiger partial charge in [-0.05, 0) is 73.0 Å². The fraction of sp³-hybridized carbons (Fsp3) is 0.261. The van der Waals surface area contributed by atoms with E-state index in [0.29, 0.717) is 10.5 Å². The Morgan fingerprint density at radius 3 is 2.47 bits per heavy atom. The summed E-state index contributed by atoms with van der Waals surface area (Å²) in [7, 11) is 0. The summed E-state index contributed by atoms with van der Waals surface area (Å²) in [6.45, 7) is 3.90. The van der Waals surface area contributed by atoms with Crippen LogP contribution in [0.1, 0.15) is 34.3 Å². The van der Waals surface area contributed by atoms with E-state index in [-0.39, 0.29) is 12.3 Å². The number of thioether (sulfide) groups is 1. The van der Waals surface area contributed by atoms with Crippen molar-refractivity contribution in [1.82, 2.24) is 4.90 Å². The second-order valence-electron chi connectivity index (χ2n) is 7.43. The van der Waals surface area contributed by atoms with Crippen molar-refractivity contribution in [1.29, 1.82) is 0 Å². The molecule has 0 N–H and O–H groups in total. The van der Waals surface area contributed by atoms with E-state index < -0.39 is 11.1 Å². The molecule has 0 spiro atoms. The third kappa shape index (κ3) is 4.37. The van der Waals surface area contributed by atoms with Gasteiger partial charge in [0.2, 0.25) is 0 Å². The van der Waals surface area contributed by atoms with Crippen molar-refractivity contribution in [2.45, 2.75) is 19.8 Å². The number of imide groups is 1. The van der Waals surface area contributed by atoms with Crippen molar-refractivity contribution >= 4 is 56.4 Å². The SMILES string of the molecule is Cc1cc(N2CCCC2)ccc1/C=C1/SC(=O)N(CC(=O)c2ccc(Br)cc2)C1=O. The van der Waals surface area contributed by atoms with Crippen LogP contribution in [0.25, 0.3) is 6.08 Å². The van der Waals surface area contributed by atoms with Gasteiger partial charge in [0.15, 0.2) is 5.78 Å². The Balaban J connectivity index is 1.50. The van der Waals surface area contributed by atoms with Crippen LogP contribution in [0, 0.1) is 6.92 Å². The van der Waals surface area contributed by atoms with Gasteiger partial charge in [-0.25, -0.2) is 0 Å². The number of aryl methyl sites for hydroxylation is 1. The summed E-state index contributed by atoms with van der Waals surface area (Å²) in [6, 6.07) is 13.0. The lowest BCUT2D eigenvalue weighted by atomic mass is 10.1. The van der Waals surface area contributed by atoms with E-state index in [9.17, 15) is 14.4 Å². The first-order valence-electron chi connectivity index (χ1n) is 9.82. The van der Waals surface area contributed by atoms with Crippen LogP contribution in [0.15, 0.2) is 51.8 Å². The summed E-state index contributed by atoms with van der Waals surface area (Å²) >= 11 is 4.21. The number of carbonyl (C=O) groups is 3.